The minimum Gasteiger partial charge on any atom is -0.455 e. The minimum atomic E-state index is 0.638. The van der Waals surface area contributed by atoms with Crippen LogP contribution in [0.3, 0.4) is 0 Å². The molecule has 5 heteroatoms. The molecular weight excluding hydrogens is 691 g/mol. The third-order valence-corrected chi connectivity index (χ3v) is 12.8. The van der Waals surface area contributed by atoms with E-state index in [-0.39, 0.29) is 0 Å². The first kappa shape index (κ1) is 29.4. The number of aromatic nitrogens is 3. The summed E-state index contributed by atoms with van der Waals surface area (Å²) in [5.74, 6) is 0.638. The SMILES string of the molecule is c1ccc2c(c1)ccc1c2c2c3c4ccccc4c4ccccc4c3ccc2n1-c1nc(-c2cccc3c2oc2ccccc23)c2sc3ccccc3c2n1. The van der Waals surface area contributed by atoms with Crippen LogP contribution in [0.1, 0.15) is 0 Å². The van der Waals surface area contributed by atoms with Crippen LogP contribution < -0.4 is 0 Å². The van der Waals surface area contributed by atoms with Crippen LogP contribution in [0, 0.1) is 0 Å². The Bertz CT molecular complexity index is 3760. The molecule has 0 unspecified atom stereocenters. The molecule has 4 heterocycles. The van der Waals surface area contributed by atoms with Gasteiger partial charge in [0.15, 0.2) is 0 Å². The summed E-state index contributed by atoms with van der Waals surface area (Å²) >= 11 is 1.74. The quantitative estimate of drug-likeness (QED) is 0.167. The van der Waals surface area contributed by atoms with E-state index in [4.69, 9.17) is 14.4 Å². The van der Waals surface area contributed by atoms with Gasteiger partial charge in [0.25, 0.3) is 0 Å². The standard InChI is InChI=1S/C50H27N3OS/c1-2-13-29-28(12-1)24-26-39-44(29)45-40(27-25-35-32-16-4-3-14-30(32)31-15-5-6-18-34(31)43(35)45)53(39)50-51-46-37-19-8-10-23-42(37)55-49(46)47(52-50)38-21-11-20-36-33-17-7-9-22-41(33)54-48(36)38/h1-27H. The lowest BCUT2D eigenvalue weighted by atomic mass is 9.91. The zero-order chi connectivity index (χ0) is 35.8. The van der Waals surface area contributed by atoms with Gasteiger partial charge in [0.2, 0.25) is 5.95 Å². The molecule has 4 nitrogen and oxygen atoms in total. The molecule has 0 aliphatic carbocycles. The Morgan fingerprint density at radius 1 is 0.436 bits per heavy atom. The van der Waals surface area contributed by atoms with Crippen molar-refractivity contribution in [1.82, 2.24) is 14.5 Å². The predicted molar refractivity (Wildman–Crippen MR) is 232 cm³/mol. The van der Waals surface area contributed by atoms with Crippen molar-refractivity contribution >= 4 is 118 Å². The molecule has 0 spiro atoms. The lowest BCUT2D eigenvalue weighted by Crippen LogP contribution is -2.03. The summed E-state index contributed by atoms with van der Waals surface area (Å²) in [5.41, 5.74) is 6.64. The maximum atomic E-state index is 6.64. The Hall–Kier alpha value is -7.08. The molecule has 0 fully saturated rings. The first-order valence-corrected chi connectivity index (χ1v) is 19.4. The smallest absolute Gasteiger partial charge is 0.235 e. The van der Waals surface area contributed by atoms with Gasteiger partial charge in [-0.05, 0) is 68.0 Å². The predicted octanol–water partition coefficient (Wildman–Crippen LogP) is 14.1. The molecule has 4 aromatic heterocycles. The normalized spacial score (nSPS) is 12.4. The van der Waals surface area contributed by atoms with Crippen molar-refractivity contribution in [1.29, 1.82) is 0 Å². The van der Waals surface area contributed by atoms with Gasteiger partial charge in [-0.3, -0.25) is 4.57 Å². The second-order valence-electron chi connectivity index (χ2n) is 14.4. The van der Waals surface area contributed by atoms with Crippen LogP contribution in [0.4, 0.5) is 0 Å². The average molecular weight is 718 g/mol. The van der Waals surface area contributed by atoms with Gasteiger partial charge in [0.1, 0.15) is 11.2 Å². The van der Waals surface area contributed by atoms with E-state index >= 15 is 0 Å². The first-order chi connectivity index (χ1) is 27.3. The van der Waals surface area contributed by atoms with Gasteiger partial charge in [-0.25, -0.2) is 9.97 Å². The molecule has 0 aliphatic rings. The van der Waals surface area contributed by atoms with E-state index in [2.05, 4.69) is 156 Å². The van der Waals surface area contributed by atoms with Crippen molar-refractivity contribution in [2.45, 2.75) is 0 Å². The lowest BCUT2D eigenvalue weighted by molar-refractivity contribution is 0.670. The third kappa shape index (κ3) is 3.89. The molecule has 0 N–H and O–H groups in total. The van der Waals surface area contributed by atoms with Gasteiger partial charge in [-0.15, -0.1) is 11.3 Å². The molecule has 55 heavy (non-hydrogen) atoms. The van der Waals surface area contributed by atoms with Crippen molar-refractivity contribution < 1.29 is 4.42 Å². The molecule has 0 radical (unpaired) electrons. The molecule has 13 aromatic rings. The Morgan fingerprint density at radius 3 is 1.89 bits per heavy atom. The van der Waals surface area contributed by atoms with E-state index in [1.54, 1.807) is 11.3 Å². The fraction of sp³-hybridized carbons (Fsp3) is 0. The zero-order valence-electron chi connectivity index (χ0n) is 29.2. The largest absolute Gasteiger partial charge is 0.455 e. The molecule has 254 valence electrons. The molecule has 0 aliphatic heterocycles. The molecule has 0 bridgehead atoms. The summed E-state index contributed by atoms with van der Waals surface area (Å²) in [6.45, 7) is 0. The molecule has 0 atom stereocenters. The summed E-state index contributed by atoms with van der Waals surface area (Å²) in [6, 6.07) is 58.7. The number of fused-ring (bicyclic) bond motifs is 18. The van der Waals surface area contributed by atoms with Gasteiger partial charge in [-0.1, -0.05) is 133 Å². The van der Waals surface area contributed by atoms with Crippen molar-refractivity contribution in [2.75, 3.05) is 0 Å². The van der Waals surface area contributed by atoms with Crippen molar-refractivity contribution in [3.63, 3.8) is 0 Å². The molecule has 0 saturated carbocycles. The van der Waals surface area contributed by atoms with Gasteiger partial charge in [-0.2, -0.15) is 0 Å². The van der Waals surface area contributed by atoms with Crippen molar-refractivity contribution in [3.05, 3.63) is 164 Å². The maximum Gasteiger partial charge on any atom is 0.235 e. The fourth-order valence-corrected chi connectivity index (χ4v) is 10.4. The summed E-state index contributed by atoms with van der Waals surface area (Å²) < 4.78 is 11.2. The summed E-state index contributed by atoms with van der Waals surface area (Å²) in [7, 11) is 0. The van der Waals surface area contributed by atoms with E-state index < -0.39 is 0 Å². The number of hydrogen-bond donors (Lipinski definition) is 0. The molecule has 0 saturated heterocycles. The van der Waals surface area contributed by atoms with E-state index in [0.29, 0.717) is 5.95 Å². The average Bonchev–Trinajstić information content (AvgIpc) is 3.93. The van der Waals surface area contributed by atoms with Crippen LogP contribution >= 0.6 is 11.3 Å². The van der Waals surface area contributed by atoms with E-state index in [1.807, 2.05) is 12.1 Å². The van der Waals surface area contributed by atoms with Crippen LogP contribution in [0.25, 0.3) is 124 Å². The molecule has 0 amide bonds. The Kier molecular flexibility index (Phi) is 5.74. The Labute approximate surface area is 317 Å². The fourth-order valence-electron chi connectivity index (χ4n) is 9.27. The highest BCUT2D eigenvalue weighted by atomic mass is 32.1. The van der Waals surface area contributed by atoms with Crippen LogP contribution in [-0.4, -0.2) is 14.5 Å². The number of nitrogens with zero attached hydrogens (tertiary/aromatic N) is 3. The van der Waals surface area contributed by atoms with Gasteiger partial charge in [0.05, 0.1) is 26.9 Å². The number of benzene rings is 9. The second kappa shape index (κ2) is 10.8. The number of hydrogen-bond acceptors (Lipinski definition) is 4. The summed E-state index contributed by atoms with van der Waals surface area (Å²) in [4.78, 5) is 11.1. The first-order valence-electron chi connectivity index (χ1n) is 18.6. The van der Waals surface area contributed by atoms with Crippen LogP contribution in [0.15, 0.2) is 168 Å². The minimum absolute atomic E-state index is 0.638. The highest BCUT2D eigenvalue weighted by molar-refractivity contribution is 7.26. The van der Waals surface area contributed by atoms with Gasteiger partial charge >= 0.3 is 0 Å². The zero-order valence-corrected chi connectivity index (χ0v) is 30.1. The Morgan fingerprint density at radius 2 is 1.05 bits per heavy atom. The van der Waals surface area contributed by atoms with Crippen LogP contribution in [0.2, 0.25) is 0 Å². The van der Waals surface area contributed by atoms with Crippen molar-refractivity contribution in [3.8, 4) is 17.2 Å². The van der Waals surface area contributed by atoms with Gasteiger partial charge < -0.3 is 4.42 Å². The number of furan rings is 1. The Balaban J connectivity index is 1.24. The number of thiophene rings is 1. The van der Waals surface area contributed by atoms with E-state index in [9.17, 15) is 0 Å². The van der Waals surface area contributed by atoms with Crippen LogP contribution in [0.5, 0.6) is 0 Å². The summed E-state index contributed by atoms with van der Waals surface area (Å²) in [5, 5.41) is 15.6. The highest BCUT2D eigenvalue weighted by Crippen LogP contribution is 2.47. The number of rotatable bonds is 2. The van der Waals surface area contributed by atoms with Gasteiger partial charge in [0, 0.05) is 42.6 Å². The topological polar surface area (TPSA) is 43.9 Å². The molecule has 9 aromatic carbocycles. The summed E-state index contributed by atoms with van der Waals surface area (Å²) in [6.07, 6.45) is 0. The molecular formula is C50H27N3OS. The van der Waals surface area contributed by atoms with Crippen LogP contribution in [-0.2, 0) is 0 Å². The third-order valence-electron chi connectivity index (χ3n) is 11.6. The van der Waals surface area contributed by atoms with E-state index in [1.165, 1.54) is 58.6 Å². The lowest BCUT2D eigenvalue weighted by Gasteiger charge is -2.13. The maximum absolute atomic E-state index is 6.64. The van der Waals surface area contributed by atoms with Crippen molar-refractivity contribution in [2.24, 2.45) is 0 Å². The highest BCUT2D eigenvalue weighted by Gasteiger charge is 2.25. The number of para-hydroxylation sites is 2. The molecule has 13 rings (SSSR count). The van der Waals surface area contributed by atoms with E-state index in [0.717, 1.165) is 59.8 Å². The monoisotopic (exact) mass is 717 g/mol. The second-order valence-corrected chi connectivity index (χ2v) is 15.5.